The van der Waals surface area contributed by atoms with Crippen LogP contribution in [-0.4, -0.2) is 127 Å². The van der Waals surface area contributed by atoms with Crippen molar-refractivity contribution in [3.8, 4) is 0 Å². The maximum atomic E-state index is 13.5. The van der Waals surface area contributed by atoms with Gasteiger partial charge >= 0.3 is 12.1 Å². The van der Waals surface area contributed by atoms with Crippen LogP contribution in [0.2, 0.25) is 0 Å². The highest BCUT2D eigenvalue weighted by Gasteiger charge is 2.53. The second kappa shape index (κ2) is 15.9. The van der Waals surface area contributed by atoms with E-state index in [4.69, 9.17) is 15.2 Å². The highest BCUT2D eigenvalue weighted by Crippen LogP contribution is 2.41. The predicted octanol–water partition coefficient (Wildman–Crippen LogP) is -0.392. The molecule has 4 N–H and O–H groups in total. The number of oxime groups is 1. The van der Waals surface area contributed by atoms with Crippen LogP contribution in [0.1, 0.15) is 45.9 Å². The summed E-state index contributed by atoms with van der Waals surface area (Å²) in [6, 6.07) is -1.45. The Morgan fingerprint density at radius 1 is 1.22 bits per heavy atom. The second-order valence-corrected chi connectivity index (χ2v) is 14.3. The highest BCUT2D eigenvalue weighted by molar-refractivity contribution is 8.00. The number of aromatic nitrogens is 2. The molecule has 0 unspecified atom stereocenters. The van der Waals surface area contributed by atoms with Crippen molar-refractivity contribution in [1.82, 2.24) is 29.4 Å². The van der Waals surface area contributed by atoms with Crippen molar-refractivity contribution >= 4 is 69.9 Å². The molecule has 3 saturated heterocycles. The maximum absolute atomic E-state index is 13.5. The Labute approximate surface area is 300 Å². The van der Waals surface area contributed by atoms with Gasteiger partial charge in [-0.05, 0) is 36.8 Å². The van der Waals surface area contributed by atoms with Gasteiger partial charge in [0.2, 0.25) is 17.4 Å². The van der Waals surface area contributed by atoms with Gasteiger partial charge < -0.3 is 45.4 Å². The molecule has 4 aliphatic heterocycles. The number of carboxylic acid groups (broad SMARTS) is 1. The Kier molecular flexibility index (Phi) is 11.6. The van der Waals surface area contributed by atoms with Gasteiger partial charge in [0.05, 0.1) is 29.9 Å². The molecule has 4 amide bonds. The zero-order valence-corrected chi connectivity index (χ0v) is 29.7. The molecule has 0 aromatic carbocycles. The number of aliphatic carboxylic acids is 1. The number of allylic oxidation sites excluding steroid dienone is 2. The van der Waals surface area contributed by atoms with Crippen LogP contribution in [0, 0.1) is 5.92 Å². The predicted molar refractivity (Wildman–Crippen MR) is 180 cm³/mol. The molecule has 3 fully saturated rings. The van der Waals surface area contributed by atoms with E-state index in [1.165, 1.54) is 22.7 Å². The van der Waals surface area contributed by atoms with E-state index in [0.717, 1.165) is 16.4 Å². The molecule has 51 heavy (non-hydrogen) atoms. The number of carbonyl (C=O) groups is 6. The minimum absolute atomic E-state index is 0.0278. The minimum atomic E-state index is -1.62. The molecule has 0 aliphatic carbocycles. The zero-order chi connectivity index (χ0) is 37.0. The Balaban J connectivity index is 1.19. The number of likely N-dealkylation sites (tertiary alicyclic amines) is 2. The third-order valence-corrected chi connectivity index (χ3v) is 10.3. The van der Waals surface area contributed by atoms with Crippen molar-refractivity contribution < 1.29 is 48.6 Å². The lowest BCUT2D eigenvalue weighted by Gasteiger charge is -2.50. The van der Waals surface area contributed by atoms with Gasteiger partial charge in [0, 0.05) is 42.5 Å². The quantitative estimate of drug-likeness (QED) is 0.0616. The summed E-state index contributed by atoms with van der Waals surface area (Å²) < 4.78 is 14.5. The number of nitrogens with two attached hydrogens (primary N) is 1. The number of carboxylic acids is 1. The van der Waals surface area contributed by atoms with Gasteiger partial charge in [0.25, 0.3) is 11.8 Å². The number of rotatable bonds is 12. The summed E-state index contributed by atoms with van der Waals surface area (Å²) in [6.07, 6.45) is 3.87. The van der Waals surface area contributed by atoms with E-state index in [2.05, 4.69) is 19.8 Å². The molecule has 5 rings (SSSR count). The number of hydrogen-bond acceptors (Lipinski definition) is 16. The van der Waals surface area contributed by atoms with Crippen LogP contribution in [0.5, 0.6) is 0 Å². The molecule has 4 aliphatic rings. The summed E-state index contributed by atoms with van der Waals surface area (Å²) in [5.41, 5.74) is 5.36. The lowest BCUT2D eigenvalue weighted by atomic mass is 10.0. The normalized spacial score (nSPS) is 23.2. The van der Waals surface area contributed by atoms with Crippen LogP contribution < -0.4 is 16.2 Å². The molecule has 3 atom stereocenters. The SMILES string of the molecule is CC/C=C(/COC(=O)N1CC[C@@H](N2CC/C(=C\C3=C(C(=O)[O-])N4C(=O)[C@@H](NC(=O)/C(=N\O)c5nsc(N)n5)[C@H]4SC3)C2=O)C1)C(=O)OCC(C)C. The average Bonchev–Trinajstić information content (AvgIpc) is 3.84. The van der Waals surface area contributed by atoms with E-state index in [0.29, 0.717) is 37.9 Å². The van der Waals surface area contributed by atoms with Crippen LogP contribution in [-0.2, 0) is 33.4 Å². The summed E-state index contributed by atoms with van der Waals surface area (Å²) in [5, 5.41) is 26.2. The van der Waals surface area contributed by atoms with Crippen molar-refractivity contribution in [2.75, 3.05) is 44.3 Å². The number of fused-ring (bicyclic) bond motifs is 1. The van der Waals surface area contributed by atoms with Gasteiger partial charge in [-0.25, -0.2) is 9.59 Å². The van der Waals surface area contributed by atoms with Crippen LogP contribution in [0.3, 0.4) is 0 Å². The molecule has 5 heterocycles. The molecule has 1 aromatic rings. The van der Waals surface area contributed by atoms with E-state index in [1.807, 2.05) is 20.8 Å². The summed E-state index contributed by atoms with van der Waals surface area (Å²) in [4.78, 5) is 84.8. The molecular formula is C31H37N8O10S2-. The van der Waals surface area contributed by atoms with E-state index in [9.17, 15) is 39.1 Å². The van der Waals surface area contributed by atoms with Crippen LogP contribution >= 0.6 is 23.3 Å². The molecule has 0 saturated carbocycles. The Hall–Kier alpha value is -4.98. The van der Waals surface area contributed by atoms with E-state index < -0.39 is 52.7 Å². The summed E-state index contributed by atoms with van der Waals surface area (Å²) >= 11 is 1.95. The Morgan fingerprint density at radius 3 is 2.63 bits per heavy atom. The molecule has 18 nitrogen and oxygen atoms in total. The van der Waals surface area contributed by atoms with Crippen molar-refractivity contribution in [2.45, 2.75) is 57.5 Å². The summed E-state index contributed by atoms with van der Waals surface area (Å²) in [5.74, 6) is -4.17. The highest BCUT2D eigenvalue weighted by atomic mass is 32.2. The fraction of sp³-hybridized carbons (Fsp3) is 0.516. The van der Waals surface area contributed by atoms with E-state index >= 15 is 0 Å². The first-order valence-corrected chi connectivity index (χ1v) is 18.0. The van der Waals surface area contributed by atoms with Crippen molar-refractivity contribution in [2.24, 2.45) is 11.1 Å². The van der Waals surface area contributed by atoms with Crippen molar-refractivity contribution in [1.29, 1.82) is 0 Å². The van der Waals surface area contributed by atoms with Crippen LogP contribution in [0.15, 0.2) is 39.7 Å². The number of ether oxygens (including phenoxy) is 2. The number of esters is 1. The maximum Gasteiger partial charge on any atom is 0.410 e. The van der Waals surface area contributed by atoms with Gasteiger partial charge in [-0.15, -0.1) is 11.8 Å². The molecule has 0 bridgehead atoms. The van der Waals surface area contributed by atoms with Crippen LogP contribution in [0.4, 0.5) is 9.93 Å². The van der Waals surface area contributed by atoms with Gasteiger partial charge in [-0.3, -0.25) is 19.3 Å². The molecule has 274 valence electrons. The molecule has 0 radical (unpaired) electrons. The number of nitrogens with zero attached hydrogens (tertiary/aromatic N) is 6. The summed E-state index contributed by atoms with van der Waals surface area (Å²) in [7, 11) is 0. The number of amides is 4. The topological polar surface area (TPSA) is 250 Å². The number of nitrogen functional groups attached to an aromatic ring is 1. The summed E-state index contributed by atoms with van der Waals surface area (Å²) in [6.45, 7) is 6.60. The first-order chi connectivity index (χ1) is 24.3. The first-order valence-electron chi connectivity index (χ1n) is 16.2. The monoisotopic (exact) mass is 745 g/mol. The van der Waals surface area contributed by atoms with E-state index in [-0.39, 0.29) is 65.5 Å². The number of thioether (sulfide) groups is 1. The van der Waals surface area contributed by atoms with Crippen LogP contribution in [0.25, 0.3) is 0 Å². The lowest BCUT2D eigenvalue weighted by molar-refractivity contribution is -0.301. The third-order valence-electron chi connectivity index (χ3n) is 8.43. The second-order valence-electron chi connectivity index (χ2n) is 12.4. The zero-order valence-electron chi connectivity index (χ0n) is 28.0. The number of β-lactam (4-membered cyclic amide) rings is 1. The van der Waals surface area contributed by atoms with E-state index in [1.54, 1.807) is 11.0 Å². The largest absolute Gasteiger partial charge is 0.543 e. The lowest BCUT2D eigenvalue weighted by Crippen LogP contribution is -2.71. The molecule has 1 aromatic heterocycles. The molecule has 0 spiro atoms. The number of carbonyl (C=O) groups excluding carboxylic acids is 6. The van der Waals surface area contributed by atoms with Gasteiger partial charge in [0.15, 0.2) is 5.13 Å². The molecular weight excluding hydrogens is 709 g/mol. The van der Waals surface area contributed by atoms with Crippen molar-refractivity contribution in [3.63, 3.8) is 0 Å². The number of anilines is 1. The Bertz CT molecular complexity index is 1740. The third kappa shape index (κ3) is 8.01. The van der Waals surface area contributed by atoms with Crippen molar-refractivity contribution in [3.05, 3.63) is 40.4 Å². The first kappa shape index (κ1) is 37.3. The fourth-order valence-electron chi connectivity index (χ4n) is 5.98. The number of nitrogens with one attached hydrogen (secondary N) is 1. The smallest absolute Gasteiger partial charge is 0.410 e. The number of hydrogen-bond donors (Lipinski definition) is 3. The van der Waals surface area contributed by atoms with Gasteiger partial charge in [-0.1, -0.05) is 32.0 Å². The fourth-order valence-corrected chi connectivity index (χ4v) is 7.72. The average molecular weight is 746 g/mol. The standard InChI is InChI=1S/C31H38N8O10S2/c1-4-5-17(29(45)48-12-15(2)3)13-49-31(46)37-8-7-19(11-37)38-9-6-16(25(38)41)10-18-14-50-27-21(26(42)39(27)22(18)28(43)44)33-24(40)20(35-47)23-34-30(32)51-36-23/h5,10,15,19,21,27,47H,4,6-9,11-14H2,1-3H3,(H,33,40)(H,43,44)(H2,32,34,36)/p-1/b16-10+,17-5-,35-20-/t19-,21-,27-/m1/s1. The van der Waals surface area contributed by atoms with Gasteiger partial charge in [-0.2, -0.15) is 9.36 Å². The van der Waals surface area contributed by atoms with Gasteiger partial charge in [0.1, 0.15) is 18.0 Å². The minimum Gasteiger partial charge on any atom is -0.543 e. The molecule has 20 heteroatoms. The Morgan fingerprint density at radius 2 is 1.98 bits per heavy atom.